The topological polar surface area (TPSA) is 59.2 Å². The molecule has 30 heavy (non-hydrogen) atoms. The first-order chi connectivity index (χ1) is 14.6. The molecule has 0 unspecified atom stereocenters. The third kappa shape index (κ3) is 4.49. The Morgan fingerprint density at radius 3 is 2.53 bits per heavy atom. The average Bonchev–Trinajstić information content (AvgIpc) is 3.47. The number of hydrogen-bond donors (Lipinski definition) is 0. The largest absolute Gasteiger partial charge is 0.339 e. The summed E-state index contributed by atoms with van der Waals surface area (Å²) >= 11 is 1.45. The fraction of sp³-hybridized carbons (Fsp3) is 0.208. The third-order valence-electron chi connectivity index (χ3n) is 5.09. The van der Waals surface area contributed by atoms with Gasteiger partial charge in [-0.1, -0.05) is 71.4 Å². The Morgan fingerprint density at radius 1 is 1.07 bits per heavy atom. The van der Waals surface area contributed by atoms with Crippen LogP contribution in [0.2, 0.25) is 0 Å². The van der Waals surface area contributed by atoms with Gasteiger partial charge < -0.3 is 9.42 Å². The van der Waals surface area contributed by atoms with Crippen molar-refractivity contribution >= 4 is 17.2 Å². The molecule has 2 heterocycles. The van der Waals surface area contributed by atoms with Gasteiger partial charge in [0.2, 0.25) is 11.7 Å². The summed E-state index contributed by atoms with van der Waals surface area (Å²) in [6, 6.07) is 21.7. The van der Waals surface area contributed by atoms with Gasteiger partial charge in [0.1, 0.15) is 0 Å². The molecule has 1 atom stereocenters. The third-order valence-corrected chi connectivity index (χ3v) is 5.94. The van der Waals surface area contributed by atoms with Crippen molar-refractivity contribution < 1.29 is 9.32 Å². The number of benzene rings is 2. The number of carbonyl (C=O) groups is 1. The van der Waals surface area contributed by atoms with E-state index in [-0.39, 0.29) is 11.9 Å². The summed E-state index contributed by atoms with van der Waals surface area (Å²) in [6.07, 6.45) is 0.493. The van der Waals surface area contributed by atoms with Gasteiger partial charge in [-0.25, -0.2) is 0 Å². The molecular formula is C24H23N3O2S. The molecule has 0 aliphatic heterocycles. The van der Waals surface area contributed by atoms with Crippen LogP contribution in [0.1, 0.15) is 39.7 Å². The molecule has 0 aliphatic rings. The number of carbonyl (C=O) groups excluding carboxylic acids is 1. The molecule has 2 aromatic carbocycles. The van der Waals surface area contributed by atoms with Crippen LogP contribution in [0.5, 0.6) is 0 Å². The first-order valence-electron chi connectivity index (χ1n) is 9.91. The molecule has 4 rings (SSSR count). The Morgan fingerprint density at radius 2 is 1.83 bits per heavy atom. The van der Waals surface area contributed by atoms with Gasteiger partial charge in [0.05, 0.1) is 10.9 Å². The van der Waals surface area contributed by atoms with E-state index in [1.165, 1.54) is 16.9 Å². The summed E-state index contributed by atoms with van der Waals surface area (Å²) < 4.78 is 5.46. The molecule has 6 heteroatoms. The van der Waals surface area contributed by atoms with Crippen LogP contribution in [-0.2, 0) is 6.42 Å². The van der Waals surface area contributed by atoms with Crippen molar-refractivity contribution in [2.24, 2.45) is 0 Å². The minimum absolute atomic E-state index is 0.0135. The summed E-state index contributed by atoms with van der Waals surface area (Å²) in [7, 11) is 0. The maximum atomic E-state index is 13.2. The van der Waals surface area contributed by atoms with Crippen molar-refractivity contribution in [1.82, 2.24) is 15.0 Å². The molecule has 0 spiro atoms. The Hall–Kier alpha value is -3.25. The summed E-state index contributed by atoms with van der Waals surface area (Å²) in [5.41, 5.74) is 3.19. The second kappa shape index (κ2) is 9.05. The Labute approximate surface area is 180 Å². The molecule has 0 fully saturated rings. The van der Waals surface area contributed by atoms with Crippen LogP contribution < -0.4 is 0 Å². The highest BCUT2D eigenvalue weighted by Crippen LogP contribution is 2.24. The molecule has 0 radical (unpaired) electrons. The monoisotopic (exact) mass is 417 g/mol. The van der Waals surface area contributed by atoms with E-state index in [4.69, 9.17) is 4.52 Å². The van der Waals surface area contributed by atoms with E-state index in [1.807, 2.05) is 90.9 Å². The quantitative estimate of drug-likeness (QED) is 0.395. The molecule has 0 saturated carbocycles. The van der Waals surface area contributed by atoms with Crippen molar-refractivity contribution in [2.75, 3.05) is 6.54 Å². The number of nitrogens with zero attached hydrogens (tertiary/aromatic N) is 3. The van der Waals surface area contributed by atoms with E-state index in [2.05, 4.69) is 10.1 Å². The van der Waals surface area contributed by atoms with Gasteiger partial charge in [-0.05, 0) is 30.9 Å². The summed E-state index contributed by atoms with van der Waals surface area (Å²) in [5.74, 6) is 1.10. The van der Waals surface area contributed by atoms with E-state index in [0.717, 1.165) is 16.0 Å². The molecule has 0 bridgehead atoms. The number of amides is 1. The van der Waals surface area contributed by atoms with Gasteiger partial charge in [-0.2, -0.15) is 4.98 Å². The predicted molar refractivity (Wildman–Crippen MR) is 118 cm³/mol. The van der Waals surface area contributed by atoms with E-state index < -0.39 is 0 Å². The summed E-state index contributed by atoms with van der Waals surface area (Å²) in [4.78, 5) is 20.3. The zero-order valence-corrected chi connectivity index (χ0v) is 17.8. The maximum absolute atomic E-state index is 13.2. The first-order valence-corrected chi connectivity index (χ1v) is 10.8. The van der Waals surface area contributed by atoms with Crippen molar-refractivity contribution in [3.8, 4) is 11.4 Å². The minimum atomic E-state index is -0.0692. The van der Waals surface area contributed by atoms with Gasteiger partial charge in [0.15, 0.2) is 0 Å². The van der Waals surface area contributed by atoms with E-state index >= 15 is 0 Å². The molecule has 2 aromatic heterocycles. The standard InChI is InChI=1S/C24H23N3O2S/c1-17-10-12-20(13-11-17)23-25-22(29-26-23)14-15-27(24(28)21-9-6-16-30-21)18(2)19-7-4-3-5-8-19/h3-13,16,18H,14-15H2,1-2H3/t18-/m0/s1. The second-order valence-electron chi connectivity index (χ2n) is 7.19. The first kappa shape index (κ1) is 20.0. The van der Waals surface area contributed by atoms with E-state index in [9.17, 15) is 4.79 Å². The van der Waals surface area contributed by atoms with Crippen molar-refractivity contribution in [1.29, 1.82) is 0 Å². The van der Waals surface area contributed by atoms with Crippen LogP contribution in [0.4, 0.5) is 0 Å². The van der Waals surface area contributed by atoms with E-state index in [0.29, 0.717) is 24.7 Å². The SMILES string of the molecule is Cc1ccc(-c2noc(CCN(C(=O)c3cccs3)[C@@H](C)c3ccccc3)n2)cc1. The molecule has 5 nitrogen and oxygen atoms in total. The fourth-order valence-electron chi connectivity index (χ4n) is 3.32. The number of aromatic nitrogens is 2. The lowest BCUT2D eigenvalue weighted by atomic mass is 10.1. The summed E-state index contributed by atoms with van der Waals surface area (Å²) in [6.45, 7) is 4.58. The highest BCUT2D eigenvalue weighted by atomic mass is 32.1. The van der Waals surface area contributed by atoms with Gasteiger partial charge in [-0.15, -0.1) is 11.3 Å². The van der Waals surface area contributed by atoms with Crippen LogP contribution in [0.3, 0.4) is 0 Å². The van der Waals surface area contributed by atoms with Crippen molar-refractivity contribution in [3.05, 3.63) is 94.0 Å². The van der Waals surface area contributed by atoms with Gasteiger partial charge in [0.25, 0.3) is 5.91 Å². The molecule has 1 amide bonds. The smallest absolute Gasteiger partial charge is 0.264 e. The lowest BCUT2D eigenvalue weighted by Crippen LogP contribution is -2.35. The lowest BCUT2D eigenvalue weighted by molar-refractivity contribution is 0.0694. The molecular weight excluding hydrogens is 394 g/mol. The number of rotatable bonds is 7. The Bertz CT molecular complexity index is 1090. The molecule has 0 saturated heterocycles. The number of hydrogen-bond acceptors (Lipinski definition) is 5. The van der Waals surface area contributed by atoms with Crippen LogP contribution in [-0.4, -0.2) is 27.5 Å². The lowest BCUT2D eigenvalue weighted by Gasteiger charge is -2.29. The van der Waals surface area contributed by atoms with Crippen LogP contribution in [0.25, 0.3) is 11.4 Å². The van der Waals surface area contributed by atoms with Crippen LogP contribution >= 0.6 is 11.3 Å². The highest BCUT2D eigenvalue weighted by Gasteiger charge is 2.24. The van der Waals surface area contributed by atoms with Crippen LogP contribution in [0, 0.1) is 6.92 Å². The minimum Gasteiger partial charge on any atom is -0.339 e. The number of thiophene rings is 1. The molecule has 0 aliphatic carbocycles. The van der Waals surface area contributed by atoms with Crippen molar-refractivity contribution in [2.45, 2.75) is 26.3 Å². The highest BCUT2D eigenvalue weighted by molar-refractivity contribution is 7.12. The van der Waals surface area contributed by atoms with Crippen LogP contribution in [0.15, 0.2) is 76.6 Å². The Balaban J connectivity index is 1.52. The molecule has 0 N–H and O–H groups in total. The normalized spacial score (nSPS) is 11.9. The Kier molecular flexibility index (Phi) is 6.05. The predicted octanol–water partition coefficient (Wildman–Crippen LogP) is 5.55. The zero-order valence-electron chi connectivity index (χ0n) is 17.0. The number of aryl methyl sites for hydroxylation is 1. The van der Waals surface area contributed by atoms with E-state index in [1.54, 1.807) is 0 Å². The average molecular weight is 418 g/mol. The summed E-state index contributed by atoms with van der Waals surface area (Å²) in [5, 5.41) is 6.03. The molecule has 152 valence electrons. The van der Waals surface area contributed by atoms with Crippen molar-refractivity contribution in [3.63, 3.8) is 0 Å². The van der Waals surface area contributed by atoms with Gasteiger partial charge in [-0.3, -0.25) is 4.79 Å². The van der Waals surface area contributed by atoms with Gasteiger partial charge >= 0.3 is 0 Å². The second-order valence-corrected chi connectivity index (χ2v) is 8.14. The maximum Gasteiger partial charge on any atom is 0.264 e. The fourth-order valence-corrected chi connectivity index (χ4v) is 4.00. The van der Waals surface area contributed by atoms with Gasteiger partial charge in [0, 0.05) is 18.5 Å². The molecule has 4 aromatic rings. The zero-order chi connectivity index (χ0) is 20.9.